The van der Waals surface area contributed by atoms with Crippen molar-refractivity contribution < 1.29 is 13.2 Å². The SMILES string of the molecule is CC(C)CCNS(=O)(=O)c1ccc2c(c1)CCCN2C(=O)c1ccc(Cl)cc1. The van der Waals surface area contributed by atoms with Gasteiger partial charge in [-0.3, -0.25) is 4.79 Å². The third-order valence-corrected chi connectivity index (χ3v) is 6.54. The molecule has 0 bridgehead atoms. The van der Waals surface area contributed by atoms with Gasteiger partial charge in [0.2, 0.25) is 10.0 Å². The summed E-state index contributed by atoms with van der Waals surface area (Å²) in [6, 6.07) is 11.8. The fourth-order valence-corrected chi connectivity index (χ4v) is 4.49. The summed E-state index contributed by atoms with van der Waals surface area (Å²) < 4.78 is 27.8. The quantitative estimate of drug-likeness (QED) is 0.759. The normalized spacial score (nSPS) is 14.2. The van der Waals surface area contributed by atoms with Crippen LogP contribution in [-0.4, -0.2) is 27.4 Å². The second-order valence-electron chi connectivity index (χ2n) is 7.44. The highest BCUT2D eigenvalue weighted by molar-refractivity contribution is 7.89. The molecule has 1 aliphatic heterocycles. The number of sulfonamides is 1. The third-order valence-electron chi connectivity index (χ3n) is 4.83. The smallest absolute Gasteiger partial charge is 0.258 e. The van der Waals surface area contributed by atoms with Crippen molar-refractivity contribution >= 4 is 33.2 Å². The molecule has 0 radical (unpaired) electrons. The van der Waals surface area contributed by atoms with Crippen LogP contribution in [0.25, 0.3) is 0 Å². The molecule has 0 fully saturated rings. The highest BCUT2D eigenvalue weighted by Gasteiger charge is 2.25. The zero-order valence-corrected chi connectivity index (χ0v) is 17.7. The van der Waals surface area contributed by atoms with Crippen LogP contribution in [0.15, 0.2) is 47.4 Å². The van der Waals surface area contributed by atoms with Gasteiger partial charge in [0.15, 0.2) is 0 Å². The van der Waals surface area contributed by atoms with E-state index in [4.69, 9.17) is 11.6 Å². The molecule has 0 unspecified atom stereocenters. The van der Waals surface area contributed by atoms with E-state index < -0.39 is 10.0 Å². The Hall–Kier alpha value is -1.89. The maximum atomic E-state index is 12.9. The number of hydrogen-bond acceptors (Lipinski definition) is 3. The molecule has 150 valence electrons. The summed E-state index contributed by atoms with van der Waals surface area (Å²) in [4.78, 5) is 14.9. The molecular weight excluding hydrogens is 396 g/mol. The van der Waals surface area contributed by atoms with E-state index in [1.54, 1.807) is 47.4 Å². The van der Waals surface area contributed by atoms with Crippen LogP contribution in [0, 0.1) is 5.92 Å². The van der Waals surface area contributed by atoms with E-state index in [9.17, 15) is 13.2 Å². The third kappa shape index (κ3) is 4.74. The van der Waals surface area contributed by atoms with Gasteiger partial charge >= 0.3 is 0 Å². The summed E-state index contributed by atoms with van der Waals surface area (Å²) in [6.45, 7) is 5.13. The Balaban J connectivity index is 1.83. The van der Waals surface area contributed by atoms with E-state index in [0.717, 1.165) is 30.5 Å². The minimum atomic E-state index is -3.55. The van der Waals surface area contributed by atoms with Gasteiger partial charge in [-0.1, -0.05) is 25.4 Å². The van der Waals surface area contributed by atoms with Crippen LogP contribution >= 0.6 is 11.6 Å². The average molecular weight is 421 g/mol. The number of halogens is 1. The second kappa shape index (κ2) is 8.64. The molecule has 2 aromatic rings. The van der Waals surface area contributed by atoms with Gasteiger partial charge in [0.05, 0.1) is 4.90 Å². The van der Waals surface area contributed by atoms with Crippen molar-refractivity contribution in [3.63, 3.8) is 0 Å². The molecule has 0 saturated heterocycles. The lowest BCUT2D eigenvalue weighted by Crippen LogP contribution is -2.35. The van der Waals surface area contributed by atoms with Gasteiger partial charge < -0.3 is 4.90 Å². The maximum absolute atomic E-state index is 12.9. The summed E-state index contributed by atoms with van der Waals surface area (Å²) in [7, 11) is -3.55. The van der Waals surface area contributed by atoms with Crippen LogP contribution < -0.4 is 9.62 Å². The molecule has 0 saturated carbocycles. The van der Waals surface area contributed by atoms with Gasteiger partial charge in [-0.05, 0) is 73.2 Å². The molecule has 1 N–H and O–H groups in total. The number of nitrogens with zero attached hydrogens (tertiary/aromatic N) is 1. The molecule has 0 spiro atoms. The first-order chi connectivity index (χ1) is 13.3. The molecule has 0 aromatic heterocycles. The highest BCUT2D eigenvalue weighted by Crippen LogP contribution is 2.30. The fourth-order valence-electron chi connectivity index (χ4n) is 3.27. The Kier molecular flexibility index (Phi) is 6.43. The number of nitrogens with one attached hydrogen (secondary N) is 1. The summed E-state index contributed by atoms with van der Waals surface area (Å²) in [6.07, 6.45) is 2.32. The topological polar surface area (TPSA) is 66.5 Å². The Bertz CT molecular complexity index is 956. The van der Waals surface area contributed by atoms with Crippen molar-refractivity contribution in [1.82, 2.24) is 4.72 Å². The van der Waals surface area contributed by atoms with Crippen molar-refractivity contribution in [3.05, 3.63) is 58.6 Å². The highest BCUT2D eigenvalue weighted by atomic mass is 35.5. The van der Waals surface area contributed by atoms with E-state index in [1.807, 2.05) is 0 Å². The van der Waals surface area contributed by atoms with Gasteiger partial charge in [-0.15, -0.1) is 0 Å². The summed E-state index contributed by atoms with van der Waals surface area (Å²) in [5, 5.41) is 0.579. The van der Waals surface area contributed by atoms with Crippen molar-refractivity contribution in [2.24, 2.45) is 5.92 Å². The van der Waals surface area contributed by atoms with E-state index in [0.29, 0.717) is 29.6 Å². The number of rotatable bonds is 6. The summed E-state index contributed by atoms with van der Waals surface area (Å²) in [5.74, 6) is 0.321. The Morgan fingerprint density at radius 3 is 2.57 bits per heavy atom. The van der Waals surface area contributed by atoms with E-state index >= 15 is 0 Å². The predicted molar refractivity (Wildman–Crippen MR) is 113 cm³/mol. The Labute approximate surface area is 171 Å². The van der Waals surface area contributed by atoms with E-state index in [-0.39, 0.29) is 10.8 Å². The molecule has 5 nitrogen and oxygen atoms in total. The molecule has 1 amide bonds. The van der Waals surface area contributed by atoms with Gasteiger partial charge in [0.1, 0.15) is 0 Å². The zero-order chi connectivity index (χ0) is 20.3. The van der Waals surface area contributed by atoms with Crippen LogP contribution in [0.5, 0.6) is 0 Å². The number of carbonyl (C=O) groups is 1. The maximum Gasteiger partial charge on any atom is 0.258 e. The second-order valence-corrected chi connectivity index (χ2v) is 9.64. The average Bonchev–Trinajstić information content (AvgIpc) is 2.66. The predicted octanol–water partition coefficient (Wildman–Crippen LogP) is 4.26. The van der Waals surface area contributed by atoms with Crippen LogP contribution in [0.2, 0.25) is 5.02 Å². The Morgan fingerprint density at radius 2 is 1.89 bits per heavy atom. The van der Waals surface area contributed by atoms with Gasteiger partial charge in [0, 0.05) is 29.4 Å². The first-order valence-corrected chi connectivity index (χ1v) is 11.3. The van der Waals surface area contributed by atoms with Gasteiger partial charge in [-0.2, -0.15) is 0 Å². The number of carbonyl (C=O) groups excluding carboxylic acids is 1. The van der Waals surface area contributed by atoms with E-state index in [1.165, 1.54) is 0 Å². The van der Waals surface area contributed by atoms with Crippen LogP contribution in [0.4, 0.5) is 5.69 Å². The number of aryl methyl sites for hydroxylation is 1. The lowest BCUT2D eigenvalue weighted by Gasteiger charge is -2.30. The molecule has 3 rings (SSSR count). The fraction of sp³-hybridized carbons (Fsp3) is 0.381. The summed E-state index contributed by atoms with van der Waals surface area (Å²) >= 11 is 5.91. The molecule has 2 aromatic carbocycles. The van der Waals surface area contributed by atoms with E-state index in [2.05, 4.69) is 18.6 Å². The molecule has 0 atom stereocenters. The molecular formula is C21H25ClN2O3S. The molecule has 28 heavy (non-hydrogen) atoms. The number of fused-ring (bicyclic) bond motifs is 1. The number of hydrogen-bond donors (Lipinski definition) is 1. The van der Waals surface area contributed by atoms with Crippen molar-refractivity contribution in [2.45, 2.75) is 38.0 Å². The largest absolute Gasteiger partial charge is 0.308 e. The van der Waals surface area contributed by atoms with Gasteiger partial charge in [-0.25, -0.2) is 13.1 Å². The van der Waals surface area contributed by atoms with Crippen LogP contribution in [0.3, 0.4) is 0 Å². The standard InChI is InChI=1S/C21H25ClN2O3S/c1-15(2)11-12-23-28(26,27)19-9-10-20-17(14-19)4-3-13-24(20)21(25)16-5-7-18(22)8-6-16/h5-10,14-15,23H,3-4,11-13H2,1-2H3. The minimum Gasteiger partial charge on any atom is -0.308 e. The molecule has 1 aliphatic rings. The van der Waals surface area contributed by atoms with Gasteiger partial charge in [0.25, 0.3) is 5.91 Å². The molecule has 1 heterocycles. The van der Waals surface area contributed by atoms with Crippen molar-refractivity contribution in [1.29, 1.82) is 0 Å². The Morgan fingerprint density at radius 1 is 1.18 bits per heavy atom. The minimum absolute atomic E-state index is 0.108. The lowest BCUT2D eigenvalue weighted by atomic mass is 10.0. The molecule has 7 heteroatoms. The van der Waals surface area contributed by atoms with Crippen molar-refractivity contribution in [3.8, 4) is 0 Å². The number of benzene rings is 2. The lowest BCUT2D eigenvalue weighted by molar-refractivity contribution is 0.0985. The van der Waals surface area contributed by atoms with Crippen LogP contribution in [-0.2, 0) is 16.4 Å². The monoisotopic (exact) mass is 420 g/mol. The van der Waals surface area contributed by atoms with Crippen molar-refractivity contribution in [2.75, 3.05) is 18.0 Å². The first-order valence-electron chi connectivity index (χ1n) is 9.48. The molecule has 0 aliphatic carbocycles. The first kappa shape index (κ1) is 20.8. The number of amides is 1. The number of anilines is 1. The van der Waals surface area contributed by atoms with Crippen LogP contribution in [0.1, 0.15) is 42.6 Å². The zero-order valence-electron chi connectivity index (χ0n) is 16.1. The summed E-state index contributed by atoms with van der Waals surface area (Å²) in [5.41, 5.74) is 2.21.